The SMILES string of the molecule is CC(=O)OC(CC(C)CCC=C(C)C)C(I)I. The van der Waals surface area contributed by atoms with Crippen LogP contribution in [0.1, 0.15) is 47.0 Å². The van der Waals surface area contributed by atoms with E-state index in [9.17, 15) is 4.79 Å². The van der Waals surface area contributed by atoms with Crippen LogP contribution in [0.25, 0.3) is 0 Å². The third-order valence-electron chi connectivity index (χ3n) is 2.45. The Labute approximate surface area is 132 Å². The number of ether oxygens (including phenoxy) is 1. The van der Waals surface area contributed by atoms with Crippen molar-refractivity contribution in [3.63, 3.8) is 0 Å². The van der Waals surface area contributed by atoms with Crippen LogP contribution < -0.4 is 0 Å². The maximum absolute atomic E-state index is 11.0. The van der Waals surface area contributed by atoms with E-state index in [2.05, 4.69) is 72.0 Å². The topological polar surface area (TPSA) is 26.3 Å². The summed E-state index contributed by atoms with van der Waals surface area (Å²) in [5.74, 6) is 0.409. The third-order valence-corrected chi connectivity index (χ3v) is 4.05. The predicted octanol–water partition coefficient (Wildman–Crippen LogP) is 4.89. The Bertz CT molecular complexity index is 258. The molecule has 0 bridgehead atoms. The highest BCUT2D eigenvalue weighted by molar-refractivity contribution is 14.2. The number of carbonyl (C=O) groups is 1. The van der Waals surface area contributed by atoms with Crippen molar-refractivity contribution in [2.24, 2.45) is 5.92 Å². The highest BCUT2D eigenvalue weighted by Crippen LogP contribution is 2.25. The second-order valence-electron chi connectivity index (χ2n) is 4.68. The van der Waals surface area contributed by atoms with Gasteiger partial charge in [0.05, 0.1) is 1.93 Å². The standard InChI is InChI=1S/C13H22I2O2/c1-9(2)6-5-7-10(3)8-12(13(14)15)17-11(4)16/h6,10,12-13H,5,7-8H2,1-4H3. The van der Waals surface area contributed by atoms with Crippen molar-refractivity contribution in [2.75, 3.05) is 0 Å². The van der Waals surface area contributed by atoms with E-state index in [0.717, 1.165) is 19.3 Å². The van der Waals surface area contributed by atoms with E-state index in [1.54, 1.807) is 0 Å². The average Bonchev–Trinajstić information content (AvgIpc) is 2.15. The van der Waals surface area contributed by atoms with Crippen molar-refractivity contribution in [1.82, 2.24) is 0 Å². The van der Waals surface area contributed by atoms with Crippen LogP contribution in [0.15, 0.2) is 11.6 Å². The summed E-state index contributed by atoms with van der Waals surface area (Å²) in [7, 11) is 0. The molecule has 100 valence electrons. The lowest BCUT2D eigenvalue weighted by atomic mass is 9.98. The molecule has 4 heteroatoms. The number of rotatable bonds is 7. The summed E-state index contributed by atoms with van der Waals surface area (Å²) in [5, 5.41) is 0. The molecule has 0 saturated heterocycles. The van der Waals surface area contributed by atoms with Gasteiger partial charge in [-0.3, -0.25) is 4.79 Å². The highest BCUT2D eigenvalue weighted by atomic mass is 127. The smallest absolute Gasteiger partial charge is 0.302 e. The van der Waals surface area contributed by atoms with Crippen molar-refractivity contribution >= 4 is 51.2 Å². The van der Waals surface area contributed by atoms with Crippen LogP contribution in [-0.4, -0.2) is 14.0 Å². The summed E-state index contributed by atoms with van der Waals surface area (Å²) in [6, 6.07) is 0. The number of halogens is 2. The van der Waals surface area contributed by atoms with Crippen molar-refractivity contribution in [3.8, 4) is 0 Å². The lowest BCUT2D eigenvalue weighted by Crippen LogP contribution is -2.24. The minimum atomic E-state index is -0.176. The first-order valence-corrected chi connectivity index (χ1v) is 8.40. The number of alkyl halides is 2. The van der Waals surface area contributed by atoms with Gasteiger partial charge in [0.25, 0.3) is 0 Å². The molecule has 0 aromatic heterocycles. The van der Waals surface area contributed by atoms with Crippen molar-refractivity contribution in [1.29, 1.82) is 0 Å². The first-order valence-electron chi connectivity index (χ1n) is 5.91. The summed E-state index contributed by atoms with van der Waals surface area (Å²) in [4.78, 5) is 11.0. The van der Waals surface area contributed by atoms with E-state index in [0.29, 0.717) is 7.85 Å². The highest BCUT2D eigenvalue weighted by Gasteiger charge is 2.21. The Morgan fingerprint density at radius 3 is 2.29 bits per heavy atom. The average molecular weight is 464 g/mol. The van der Waals surface area contributed by atoms with E-state index in [1.807, 2.05) is 0 Å². The maximum Gasteiger partial charge on any atom is 0.302 e. The predicted molar refractivity (Wildman–Crippen MR) is 89.8 cm³/mol. The van der Waals surface area contributed by atoms with Gasteiger partial charge in [-0.05, 0) is 39.0 Å². The Morgan fingerprint density at radius 2 is 1.88 bits per heavy atom. The molecule has 2 nitrogen and oxygen atoms in total. The zero-order valence-corrected chi connectivity index (χ0v) is 15.3. The van der Waals surface area contributed by atoms with E-state index in [-0.39, 0.29) is 12.1 Å². The van der Waals surface area contributed by atoms with Gasteiger partial charge in [-0.15, -0.1) is 0 Å². The fourth-order valence-corrected chi connectivity index (χ4v) is 2.47. The van der Waals surface area contributed by atoms with Crippen LogP contribution >= 0.6 is 45.2 Å². The monoisotopic (exact) mass is 464 g/mol. The minimum absolute atomic E-state index is 0.0374. The molecule has 0 N–H and O–H groups in total. The molecule has 0 saturated carbocycles. The third kappa shape index (κ3) is 10.3. The second kappa shape index (κ2) is 9.58. The van der Waals surface area contributed by atoms with Crippen LogP contribution in [0, 0.1) is 5.92 Å². The molecule has 0 heterocycles. The molecule has 0 aliphatic carbocycles. The van der Waals surface area contributed by atoms with Gasteiger partial charge >= 0.3 is 5.97 Å². The molecule has 0 rings (SSSR count). The van der Waals surface area contributed by atoms with Crippen LogP contribution in [-0.2, 0) is 9.53 Å². The van der Waals surface area contributed by atoms with Crippen LogP contribution in [0.5, 0.6) is 0 Å². The van der Waals surface area contributed by atoms with Crippen molar-refractivity contribution < 1.29 is 9.53 Å². The van der Waals surface area contributed by atoms with E-state index in [1.165, 1.54) is 12.5 Å². The molecule has 0 aliphatic heterocycles. The van der Waals surface area contributed by atoms with Gasteiger partial charge in [0.15, 0.2) is 0 Å². The van der Waals surface area contributed by atoms with Gasteiger partial charge in [-0.25, -0.2) is 0 Å². The van der Waals surface area contributed by atoms with Crippen LogP contribution in [0.3, 0.4) is 0 Å². The number of hydrogen-bond donors (Lipinski definition) is 0. The summed E-state index contributed by atoms with van der Waals surface area (Å²) >= 11 is 4.63. The molecule has 2 atom stereocenters. The molecule has 0 fully saturated rings. The van der Waals surface area contributed by atoms with Gasteiger partial charge in [-0.2, -0.15) is 0 Å². The Balaban J connectivity index is 4.07. The van der Waals surface area contributed by atoms with Crippen molar-refractivity contribution in [2.45, 2.75) is 55.0 Å². The largest absolute Gasteiger partial charge is 0.461 e. The zero-order chi connectivity index (χ0) is 13.4. The number of hydrogen-bond acceptors (Lipinski definition) is 2. The first-order chi connectivity index (χ1) is 7.82. The van der Waals surface area contributed by atoms with E-state index >= 15 is 0 Å². The molecule has 0 aliphatic rings. The maximum atomic E-state index is 11.0. The van der Waals surface area contributed by atoms with Gasteiger partial charge in [0.2, 0.25) is 0 Å². The zero-order valence-electron chi connectivity index (χ0n) is 11.0. The lowest BCUT2D eigenvalue weighted by Gasteiger charge is -2.22. The second-order valence-corrected chi connectivity index (χ2v) is 9.75. The van der Waals surface area contributed by atoms with Crippen LogP contribution in [0.2, 0.25) is 0 Å². The lowest BCUT2D eigenvalue weighted by molar-refractivity contribution is -0.145. The molecule has 0 amide bonds. The molecule has 0 aromatic rings. The summed E-state index contributed by atoms with van der Waals surface area (Å²) in [6.07, 6.45) is 5.53. The molecular weight excluding hydrogens is 442 g/mol. The Morgan fingerprint density at radius 1 is 1.29 bits per heavy atom. The summed E-state index contributed by atoms with van der Waals surface area (Å²) in [6.45, 7) is 7.96. The summed E-state index contributed by atoms with van der Waals surface area (Å²) in [5.41, 5.74) is 1.37. The number of allylic oxidation sites excluding steroid dienone is 2. The normalized spacial score (nSPS) is 14.3. The Hall–Kier alpha value is 0.670. The quantitative estimate of drug-likeness (QED) is 0.232. The van der Waals surface area contributed by atoms with Crippen LogP contribution in [0.4, 0.5) is 0 Å². The fourth-order valence-electron chi connectivity index (χ4n) is 1.59. The molecule has 0 radical (unpaired) electrons. The fraction of sp³-hybridized carbons (Fsp3) is 0.769. The van der Waals surface area contributed by atoms with Gasteiger partial charge < -0.3 is 4.74 Å². The molecule has 17 heavy (non-hydrogen) atoms. The number of esters is 1. The molecule has 0 spiro atoms. The van der Waals surface area contributed by atoms with Gasteiger partial charge in [-0.1, -0.05) is 63.8 Å². The summed E-state index contributed by atoms with van der Waals surface area (Å²) < 4.78 is 5.67. The Kier molecular flexibility index (Phi) is 9.96. The van der Waals surface area contributed by atoms with Crippen molar-refractivity contribution in [3.05, 3.63) is 11.6 Å². The van der Waals surface area contributed by atoms with E-state index < -0.39 is 0 Å². The minimum Gasteiger partial charge on any atom is -0.461 e. The van der Waals surface area contributed by atoms with E-state index in [4.69, 9.17) is 4.74 Å². The van der Waals surface area contributed by atoms with Gasteiger partial charge in [0.1, 0.15) is 6.10 Å². The van der Waals surface area contributed by atoms with Gasteiger partial charge in [0, 0.05) is 6.92 Å². The first kappa shape index (κ1) is 17.7. The molecule has 2 unspecified atom stereocenters. The number of carbonyl (C=O) groups excluding carboxylic acids is 1. The molecular formula is C13H22I2O2. The molecule has 0 aromatic carbocycles.